The minimum absolute atomic E-state index is 0.205. The summed E-state index contributed by atoms with van der Waals surface area (Å²) in [5.41, 5.74) is 6.18. The van der Waals surface area contributed by atoms with Crippen LogP contribution in [0.4, 0.5) is 0 Å². The van der Waals surface area contributed by atoms with Gasteiger partial charge in [-0.25, -0.2) is 9.36 Å². The maximum absolute atomic E-state index is 12.3. The average Bonchev–Trinajstić information content (AvgIpc) is 3.43. The monoisotopic (exact) mass is 388 g/mol. The van der Waals surface area contributed by atoms with E-state index in [1.165, 1.54) is 10.9 Å². The van der Waals surface area contributed by atoms with Crippen LogP contribution in [-0.4, -0.2) is 36.5 Å². The zero-order valence-electron chi connectivity index (χ0n) is 15.1. The Labute approximate surface area is 165 Å². The number of nitrogens with zero attached hydrogens (tertiary/aromatic N) is 4. The summed E-state index contributed by atoms with van der Waals surface area (Å²) in [5, 5.41) is 18.2. The molecular formula is C20H16N6O3. The second-order valence-electron chi connectivity index (χ2n) is 6.05. The molecule has 2 aromatic carbocycles. The number of nitrogens with one attached hydrogen (secondary N) is 2. The number of carbonyl (C=O) groups is 2. The highest BCUT2D eigenvalue weighted by molar-refractivity contribution is 5.99. The van der Waals surface area contributed by atoms with E-state index in [-0.39, 0.29) is 11.4 Å². The standard InChI is InChI=1S/C20H16N6O3/c27-17-13-26(15-5-2-1-3-6-15)24-18(17)20(29)23-22-19(28)14-7-9-16(10-8-14)25-12-4-11-21-25/h1-13,27H,(H,22,28)(H,23,29). The summed E-state index contributed by atoms with van der Waals surface area (Å²) in [6.45, 7) is 0. The average molecular weight is 388 g/mol. The lowest BCUT2D eigenvalue weighted by Crippen LogP contribution is -2.41. The Morgan fingerprint density at radius 3 is 2.21 bits per heavy atom. The number of para-hydroxylation sites is 1. The Morgan fingerprint density at radius 2 is 1.52 bits per heavy atom. The minimum atomic E-state index is -0.737. The summed E-state index contributed by atoms with van der Waals surface area (Å²) in [5.74, 6) is -1.55. The van der Waals surface area contributed by atoms with E-state index < -0.39 is 11.8 Å². The molecule has 0 radical (unpaired) electrons. The van der Waals surface area contributed by atoms with Crippen LogP contribution in [0.3, 0.4) is 0 Å². The lowest BCUT2D eigenvalue weighted by molar-refractivity contribution is 0.0842. The number of hydrogen-bond donors (Lipinski definition) is 3. The summed E-state index contributed by atoms with van der Waals surface area (Å²) in [4.78, 5) is 24.5. The molecule has 2 heterocycles. The van der Waals surface area contributed by atoms with Crippen LogP contribution in [0.5, 0.6) is 5.75 Å². The number of rotatable bonds is 4. The van der Waals surface area contributed by atoms with E-state index in [2.05, 4.69) is 21.0 Å². The molecule has 2 aromatic heterocycles. The number of hydrogen-bond acceptors (Lipinski definition) is 5. The minimum Gasteiger partial charge on any atom is -0.504 e. The summed E-state index contributed by atoms with van der Waals surface area (Å²) in [6, 6.07) is 17.5. The maximum Gasteiger partial charge on any atom is 0.294 e. The molecule has 0 spiro atoms. The second kappa shape index (κ2) is 7.69. The van der Waals surface area contributed by atoms with Crippen molar-refractivity contribution in [1.82, 2.24) is 30.4 Å². The van der Waals surface area contributed by atoms with E-state index in [1.807, 2.05) is 18.2 Å². The molecule has 29 heavy (non-hydrogen) atoms. The van der Waals surface area contributed by atoms with Crippen LogP contribution in [-0.2, 0) is 0 Å². The van der Waals surface area contributed by atoms with Crippen molar-refractivity contribution in [2.75, 3.05) is 0 Å². The quantitative estimate of drug-likeness (QED) is 0.462. The Morgan fingerprint density at radius 1 is 0.828 bits per heavy atom. The molecule has 9 heteroatoms. The van der Waals surface area contributed by atoms with Crippen molar-refractivity contribution in [1.29, 1.82) is 0 Å². The smallest absolute Gasteiger partial charge is 0.294 e. The first-order valence-electron chi connectivity index (χ1n) is 8.66. The van der Waals surface area contributed by atoms with E-state index in [1.54, 1.807) is 59.5 Å². The predicted molar refractivity (Wildman–Crippen MR) is 104 cm³/mol. The Hall–Kier alpha value is -4.40. The normalized spacial score (nSPS) is 10.5. The third-order valence-corrected chi connectivity index (χ3v) is 4.12. The number of hydrazine groups is 1. The molecule has 144 valence electrons. The largest absolute Gasteiger partial charge is 0.504 e. The van der Waals surface area contributed by atoms with Gasteiger partial charge in [-0.3, -0.25) is 20.4 Å². The van der Waals surface area contributed by atoms with E-state index in [0.29, 0.717) is 11.3 Å². The number of aromatic hydroxyl groups is 1. The van der Waals surface area contributed by atoms with Crippen molar-refractivity contribution in [3.8, 4) is 17.1 Å². The van der Waals surface area contributed by atoms with Gasteiger partial charge in [-0.05, 0) is 42.5 Å². The zero-order chi connectivity index (χ0) is 20.2. The Kier molecular flexibility index (Phi) is 4.77. The SMILES string of the molecule is O=C(NNC(=O)c1nn(-c2ccccc2)cc1O)c1ccc(-n2cccn2)cc1. The first-order valence-corrected chi connectivity index (χ1v) is 8.66. The van der Waals surface area contributed by atoms with Crippen LogP contribution in [0.15, 0.2) is 79.3 Å². The number of amides is 2. The van der Waals surface area contributed by atoms with E-state index in [9.17, 15) is 14.7 Å². The van der Waals surface area contributed by atoms with Gasteiger partial charge in [-0.15, -0.1) is 0 Å². The third-order valence-electron chi connectivity index (χ3n) is 4.12. The molecule has 0 unspecified atom stereocenters. The molecule has 0 saturated heterocycles. The van der Waals surface area contributed by atoms with Gasteiger partial charge in [0.15, 0.2) is 11.4 Å². The molecule has 4 rings (SSSR count). The summed E-state index contributed by atoms with van der Waals surface area (Å²) >= 11 is 0. The van der Waals surface area contributed by atoms with Crippen molar-refractivity contribution in [3.63, 3.8) is 0 Å². The molecule has 2 amide bonds. The van der Waals surface area contributed by atoms with Gasteiger partial charge in [0.25, 0.3) is 11.8 Å². The molecule has 0 atom stereocenters. The van der Waals surface area contributed by atoms with Crippen LogP contribution in [0.25, 0.3) is 11.4 Å². The Balaban J connectivity index is 1.41. The fraction of sp³-hybridized carbons (Fsp3) is 0. The Bertz CT molecular complexity index is 1130. The molecule has 0 aliphatic heterocycles. The molecule has 0 aliphatic rings. The van der Waals surface area contributed by atoms with Crippen molar-refractivity contribution >= 4 is 11.8 Å². The van der Waals surface area contributed by atoms with Crippen LogP contribution in [0.1, 0.15) is 20.8 Å². The first-order chi connectivity index (χ1) is 14.1. The van der Waals surface area contributed by atoms with Gasteiger partial charge in [0, 0.05) is 18.0 Å². The number of benzene rings is 2. The van der Waals surface area contributed by atoms with Crippen molar-refractivity contribution in [3.05, 3.63) is 90.5 Å². The van der Waals surface area contributed by atoms with Crippen LogP contribution < -0.4 is 10.9 Å². The highest BCUT2D eigenvalue weighted by Crippen LogP contribution is 2.17. The summed E-state index contributed by atoms with van der Waals surface area (Å²) in [7, 11) is 0. The molecule has 0 aliphatic carbocycles. The van der Waals surface area contributed by atoms with E-state index in [4.69, 9.17) is 0 Å². The molecular weight excluding hydrogens is 372 g/mol. The molecule has 0 fully saturated rings. The molecule has 3 N–H and O–H groups in total. The van der Waals surface area contributed by atoms with Crippen molar-refractivity contribution < 1.29 is 14.7 Å². The lowest BCUT2D eigenvalue weighted by atomic mass is 10.2. The fourth-order valence-corrected chi connectivity index (χ4v) is 2.67. The van der Waals surface area contributed by atoms with Crippen LogP contribution >= 0.6 is 0 Å². The van der Waals surface area contributed by atoms with E-state index in [0.717, 1.165) is 5.69 Å². The zero-order valence-corrected chi connectivity index (χ0v) is 15.1. The molecule has 0 bridgehead atoms. The second-order valence-corrected chi connectivity index (χ2v) is 6.05. The highest BCUT2D eigenvalue weighted by Gasteiger charge is 2.18. The number of aromatic nitrogens is 4. The van der Waals surface area contributed by atoms with Gasteiger partial charge in [0.05, 0.1) is 17.6 Å². The van der Waals surface area contributed by atoms with E-state index >= 15 is 0 Å². The van der Waals surface area contributed by atoms with Gasteiger partial charge >= 0.3 is 0 Å². The molecule has 4 aromatic rings. The highest BCUT2D eigenvalue weighted by atomic mass is 16.3. The van der Waals surface area contributed by atoms with Gasteiger partial charge in [0.1, 0.15) is 0 Å². The molecule has 9 nitrogen and oxygen atoms in total. The van der Waals surface area contributed by atoms with Crippen molar-refractivity contribution in [2.24, 2.45) is 0 Å². The van der Waals surface area contributed by atoms with Gasteiger partial charge in [0.2, 0.25) is 0 Å². The maximum atomic E-state index is 12.3. The van der Waals surface area contributed by atoms with Gasteiger partial charge in [-0.2, -0.15) is 10.2 Å². The summed E-state index contributed by atoms with van der Waals surface area (Å²) < 4.78 is 3.04. The third kappa shape index (κ3) is 3.83. The van der Waals surface area contributed by atoms with Crippen LogP contribution in [0, 0.1) is 0 Å². The fourth-order valence-electron chi connectivity index (χ4n) is 2.67. The first kappa shape index (κ1) is 18.0. The number of carbonyl (C=O) groups excluding carboxylic acids is 2. The predicted octanol–water partition coefficient (Wildman–Crippen LogP) is 1.84. The summed E-state index contributed by atoms with van der Waals surface area (Å²) in [6.07, 6.45) is 4.76. The van der Waals surface area contributed by atoms with Gasteiger partial charge < -0.3 is 5.11 Å². The molecule has 0 saturated carbocycles. The van der Waals surface area contributed by atoms with Gasteiger partial charge in [-0.1, -0.05) is 18.2 Å². The van der Waals surface area contributed by atoms with Crippen molar-refractivity contribution in [2.45, 2.75) is 0 Å². The lowest BCUT2D eigenvalue weighted by Gasteiger charge is -2.07. The topological polar surface area (TPSA) is 114 Å². The van der Waals surface area contributed by atoms with Crippen LogP contribution in [0.2, 0.25) is 0 Å².